The molecule has 130 valence electrons. The molecule has 1 rings (SSSR count). The molecule has 1 heterocycles. The topological polar surface area (TPSA) is 56.7 Å². The van der Waals surface area contributed by atoms with Gasteiger partial charge in [0.1, 0.15) is 6.54 Å². The second-order valence-electron chi connectivity index (χ2n) is 5.32. The highest BCUT2D eigenvalue weighted by Crippen LogP contribution is 2.29. The number of aliphatic imine (C=N–C) groups is 1. The SMILES string of the molecule is CN=C(NCC(=O)NCC(F)(F)F)N1CCSC(C)(C)C1.I. The van der Waals surface area contributed by atoms with Gasteiger partial charge in [0.25, 0.3) is 0 Å². The Morgan fingerprint density at radius 3 is 2.50 bits per heavy atom. The van der Waals surface area contributed by atoms with E-state index in [1.165, 1.54) is 0 Å². The zero-order chi connectivity index (χ0) is 16.1. The molecule has 0 spiro atoms. The summed E-state index contributed by atoms with van der Waals surface area (Å²) in [4.78, 5) is 17.5. The van der Waals surface area contributed by atoms with Crippen molar-refractivity contribution in [1.29, 1.82) is 0 Å². The van der Waals surface area contributed by atoms with Crippen LogP contribution in [-0.4, -0.2) is 66.7 Å². The smallest absolute Gasteiger partial charge is 0.347 e. The van der Waals surface area contributed by atoms with Crippen LogP contribution in [0.5, 0.6) is 0 Å². The average Bonchev–Trinajstić information content (AvgIpc) is 2.35. The predicted molar refractivity (Wildman–Crippen MR) is 94.0 cm³/mol. The highest BCUT2D eigenvalue weighted by atomic mass is 127. The molecule has 0 aromatic heterocycles. The number of alkyl halides is 3. The van der Waals surface area contributed by atoms with E-state index in [1.54, 1.807) is 7.05 Å². The van der Waals surface area contributed by atoms with Crippen molar-refractivity contribution in [3.8, 4) is 0 Å². The van der Waals surface area contributed by atoms with Crippen LogP contribution in [0.4, 0.5) is 13.2 Å². The third-order valence-corrected chi connectivity index (χ3v) is 4.13. The van der Waals surface area contributed by atoms with Crippen LogP contribution in [-0.2, 0) is 4.79 Å². The fourth-order valence-corrected chi connectivity index (χ4v) is 3.06. The van der Waals surface area contributed by atoms with Crippen LogP contribution in [0.15, 0.2) is 4.99 Å². The Morgan fingerprint density at radius 1 is 1.36 bits per heavy atom. The number of thioether (sulfide) groups is 1. The van der Waals surface area contributed by atoms with Gasteiger partial charge in [0.15, 0.2) is 5.96 Å². The molecule has 22 heavy (non-hydrogen) atoms. The maximum atomic E-state index is 12.0. The quantitative estimate of drug-likeness (QED) is 0.387. The summed E-state index contributed by atoms with van der Waals surface area (Å²) in [6.07, 6.45) is -4.40. The van der Waals surface area contributed by atoms with E-state index in [1.807, 2.05) is 22.0 Å². The van der Waals surface area contributed by atoms with Gasteiger partial charge in [-0.3, -0.25) is 9.79 Å². The first-order valence-electron chi connectivity index (χ1n) is 6.56. The summed E-state index contributed by atoms with van der Waals surface area (Å²) < 4.78 is 36.0. The van der Waals surface area contributed by atoms with Crippen molar-refractivity contribution in [3.05, 3.63) is 0 Å². The number of nitrogens with zero attached hydrogens (tertiary/aromatic N) is 2. The number of amides is 1. The lowest BCUT2D eigenvalue weighted by Crippen LogP contribution is -2.52. The van der Waals surface area contributed by atoms with Crippen molar-refractivity contribution in [3.63, 3.8) is 0 Å². The van der Waals surface area contributed by atoms with E-state index in [4.69, 9.17) is 0 Å². The van der Waals surface area contributed by atoms with Gasteiger partial charge in [-0.1, -0.05) is 0 Å². The molecule has 10 heteroatoms. The highest BCUT2D eigenvalue weighted by Gasteiger charge is 2.29. The van der Waals surface area contributed by atoms with Crippen LogP contribution in [0, 0.1) is 0 Å². The standard InChI is InChI=1S/C12H21F3N4OS.HI/c1-11(2)8-19(4-5-21-11)10(16-3)17-6-9(20)18-7-12(13,14)15;/h4-8H2,1-3H3,(H,16,17)(H,18,20);1H. The molecule has 0 aromatic carbocycles. The number of hydrogen-bond acceptors (Lipinski definition) is 3. The van der Waals surface area contributed by atoms with Crippen LogP contribution >= 0.6 is 35.7 Å². The fourth-order valence-electron chi connectivity index (χ4n) is 1.95. The lowest BCUT2D eigenvalue weighted by Gasteiger charge is -2.39. The highest BCUT2D eigenvalue weighted by molar-refractivity contribution is 14.0. The summed E-state index contributed by atoms with van der Waals surface area (Å²) in [5.41, 5.74) is 0. The summed E-state index contributed by atoms with van der Waals surface area (Å²) in [6.45, 7) is 4.24. The number of guanidine groups is 1. The van der Waals surface area contributed by atoms with E-state index in [9.17, 15) is 18.0 Å². The molecule has 5 nitrogen and oxygen atoms in total. The summed E-state index contributed by atoms with van der Waals surface area (Å²) >= 11 is 1.86. The number of carbonyl (C=O) groups excluding carboxylic acids is 1. The fraction of sp³-hybridized carbons (Fsp3) is 0.833. The Balaban J connectivity index is 0.00000441. The van der Waals surface area contributed by atoms with E-state index in [0.717, 1.165) is 18.8 Å². The molecule has 1 aliphatic heterocycles. The number of carbonyl (C=O) groups is 1. The maximum absolute atomic E-state index is 12.0. The Morgan fingerprint density at radius 2 is 2.00 bits per heavy atom. The molecule has 1 saturated heterocycles. The lowest BCUT2D eigenvalue weighted by atomic mass is 10.2. The Hall–Kier alpha value is -0.390. The van der Waals surface area contributed by atoms with Gasteiger partial charge in [-0.25, -0.2) is 0 Å². The molecule has 1 aliphatic rings. The molecule has 2 N–H and O–H groups in total. The van der Waals surface area contributed by atoms with Crippen LogP contribution < -0.4 is 10.6 Å². The molecule has 0 atom stereocenters. The summed E-state index contributed by atoms with van der Waals surface area (Å²) in [6, 6.07) is 0. The predicted octanol–water partition coefficient (Wildman–Crippen LogP) is 1.69. The van der Waals surface area contributed by atoms with Gasteiger partial charge in [0, 0.05) is 30.6 Å². The van der Waals surface area contributed by atoms with E-state index in [2.05, 4.69) is 24.2 Å². The normalized spacial score (nSPS) is 18.5. The molecule has 0 unspecified atom stereocenters. The zero-order valence-corrected chi connectivity index (χ0v) is 15.9. The second-order valence-corrected chi connectivity index (χ2v) is 7.12. The first kappa shape index (κ1) is 21.6. The van der Waals surface area contributed by atoms with Gasteiger partial charge in [0.05, 0.1) is 6.54 Å². The van der Waals surface area contributed by atoms with Gasteiger partial charge in [-0.15, -0.1) is 24.0 Å². The van der Waals surface area contributed by atoms with Gasteiger partial charge in [-0.05, 0) is 13.8 Å². The minimum absolute atomic E-state index is 0. The molecule has 0 aromatic rings. The van der Waals surface area contributed by atoms with Crippen molar-refractivity contribution in [2.24, 2.45) is 4.99 Å². The van der Waals surface area contributed by atoms with E-state index in [0.29, 0.717) is 5.96 Å². The summed E-state index contributed by atoms with van der Waals surface area (Å²) in [5.74, 6) is 0.762. The van der Waals surface area contributed by atoms with Crippen LogP contribution in [0.2, 0.25) is 0 Å². The largest absolute Gasteiger partial charge is 0.405 e. The first-order valence-corrected chi connectivity index (χ1v) is 7.54. The van der Waals surface area contributed by atoms with Gasteiger partial charge in [-0.2, -0.15) is 24.9 Å². The van der Waals surface area contributed by atoms with E-state index in [-0.39, 0.29) is 35.3 Å². The first-order chi connectivity index (χ1) is 9.63. The molecule has 0 bridgehead atoms. The van der Waals surface area contributed by atoms with Gasteiger partial charge < -0.3 is 15.5 Å². The van der Waals surface area contributed by atoms with Crippen LogP contribution in [0.3, 0.4) is 0 Å². The van der Waals surface area contributed by atoms with E-state index < -0.39 is 18.6 Å². The molecule has 0 aliphatic carbocycles. The maximum Gasteiger partial charge on any atom is 0.405 e. The second kappa shape index (κ2) is 9.04. The average molecular weight is 454 g/mol. The van der Waals surface area contributed by atoms with Crippen molar-refractivity contribution in [2.45, 2.75) is 24.8 Å². The summed E-state index contributed by atoms with van der Waals surface area (Å²) in [7, 11) is 1.59. The minimum atomic E-state index is -4.40. The lowest BCUT2D eigenvalue weighted by molar-refractivity contribution is -0.137. The molecular weight excluding hydrogens is 432 g/mol. The van der Waals surface area contributed by atoms with Crippen molar-refractivity contribution >= 4 is 47.6 Å². The molecule has 1 amide bonds. The van der Waals surface area contributed by atoms with Gasteiger partial charge >= 0.3 is 6.18 Å². The van der Waals surface area contributed by atoms with E-state index >= 15 is 0 Å². The van der Waals surface area contributed by atoms with Gasteiger partial charge in [0.2, 0.25) is 5.91 Å². The van der Waals surface area contributed by atoms with Crippen molar-refractivity contribution in [1.82, 2.24) is 15.5 Å². The number of hydrogen-bond donors (Lipinski definition) is 2. The molecular formula is C12H22F3IN4OS. The molecule has 1 fully saturated rings. The molecule has 0 radical (unpaired) electrons. The third kappa shape index (κ3) is 8.30. The van der Waals surface area contributed by atoms with Crippen LogP contribution in [0.1, 0.15) is 13.8 Å². The monoisotopic (exact) mass is 454 g/mol. The van der Waals surface area contributed by atoms with Crippen molar-refractivity contribution in [2.75, 3.05) is 39.0 Å². The Kier molecular flexibility index (Phi) is 8.88. The number of nitrogens with one attached hydrogen (secondary N) is 2. The minimum Gasteiger partial charge on any atom is -0.347 e. The molecule has 0 saturated carbocycles. The third-order valence-electron chi connectivity index (χ3n) is 2.83. The number of halogens is 4. The summed E-state index contributed by atoms with van der Waals surface area (Å²) in [5, 5.41) is 4.62. The number of rotatable bonds is 3. The Labute approximate surface area is 149 Å². The van der Waals surface area contributed by atoms with Crippen LogP contribution in [0.25, 0.3) is 0 Å². The zero-order valence-electron chi connectivity index (χ0n) is 12.8. The van der Waals surface area contributed by atoms with Crippen molar-refractivity contribution < 1.29 is 18.0 Å². The Bertz CT molecular complexity index is 404.